The van der Waals surface area contributed by atoms with Gasteiger partial charge in [0.15, 0.2) is 0 Å². The number of allylic oxidation sites excluding steroid dienone is 2. The molecule has 3 aromatic rings. The number of ether oxygens (including phenoxy) is 1. The molecule has 1 N–H and O–H groups in total. The van der Waals surface area contributed by atoms with E-state index in [0.717, 1.165) is 36.3 Å². The molecule has 3 aromatic carbocycles. The average molecular weight is 467 g/mol. The molecule has 0 spiro atoms. The lowest BCUT2D eigenvalue weighted by molar-refractivity contribution is 0.0697. The Labute approximate surface area is 208 Å². The number of anilines is 1. The molecule has 3 aliphatic rings. The van der Waals surface area contributed by atoms with Gasteiger partial charge in [-0.3, -0.25) is 4.79 Å². The van der Waals surface area contributed by atoms with Gasteiger partial charge in [0, 0.05) is 24.6 Å². The van der Waals surface area contributed by atoms with Gasteiger partial charge in [0.05, 0.1) is 24.4 Å². The summed E-state index contributed by atoms with van der Waals surface area (Å²) in [6, 6.07) is 19.4. The van der Waals surface area contributed by atoms with Gasteiger partial charge in [0.25, 0.3) is 5.91 Å². The number of nitrogens with zero attached hydrogens (tertiary/aromatic N) is 1. The summed E-state index contributed by atoms with van der Waals surface area (Å²) in [7, 11) is 3.74. The quantitative estimate of drug-likeness (QED) is 0.418. The van der Waals surface area contributed by atoms with Crippen LogP contribution in [0, 0.1) is 5.92 Å². The van der Waals surface area contributed by atoms with E-state index in [-0.39, 0.29) is 17.9 Å². The maximum Gasteiger partial charge on any atom is 0.255 e. The third kappa shape index (κ3) is 3.71. The van der Waals surface area contributed by atoms with Gasteiger partial charge >= 0.3 is 0 Å². The Hall–Kier alpha value is -3.27. The number of rotatable bonds is 4. The number of para-hydroxylation sites is 1. The minimum Gasteiger partial charge on any atom is -0.496 e. The summed E-state index contributed by atoms with van der Waals surface area (Å²) >= 11 is 0. The molecular weight excluding hydrogens is 432 g/mol. The lowest BCUT2D eigenvalue weighted by Crippen LogP contribution is -2.39. The second-order valence-electron chi connectivity index (χ2n) is 10.4. The minimum atomic E-state index is 0.0532. The van der Waals surface area contributed by atoms with Crippen LogP contribution in [0.3, 0.4) is 0 Å². The molecule has 0 saturated heterocycles. The van der Waals surface area contributed by atoms with Crippen LogP contribution in [0.1, 0.15) is 72.0 Å². The fourth-order valence-corrected chi connectivity index (χ4v) is 6.68. The van der Waals surface area contributed by atoms with Crippen molar-refractivity contribution in [2.75, 3.05) is 19.5 Å². The first kappa shape index (κ1) is 22.2. The molecule has 0 radical (unpaired) electrons. The number of amides is 1. The summed E-state index contributed by atoms with van der Waals surface area (Å²) in [4.78, 5) is 15.8. The Morgan fingerprint density at radius 2 is 1.83 bits per heavy atom. The standard InChI is InChI=1S/C31H34N2O2/c1-33(21-11-4-3-5-12-21)31(34)26-17-9-15-24-23-14-8-16-25(23)30(32-29(24)26)28-22-13-7-6-10-20(22)18-19-27(28)35-2/h6-10,13-15,17-19,21,23,25,30,32H,3-5,11-12,16H2,1-2H3. The van der Waals surface area contributed by atoms with Crippen LogP contribution >= 0.6 is 0 Å². The smallest absolute Gasteiger partial charge is 0.255 e. The summed E-state index contributed by atoms with van der Waals surface area (Å²) in [6.07, 6.45) is 11.6. The molecule has 1 aliphatic heterocycles. The lowest BCUT2D eigenvalue weighted by Gasteiger charge is -2.40. The molecule has 1 heterocycles. The van der Waals surface area contributed by atoms with Crippen LogP contribution in [0.15, 0.2) is 66.7 Å². The highest BCUT2D eigenvalue weighted by molar-refractivity contribution is 6.01. The first-order valence-electron chi connectivity index (χ1n) is 13.1. The van der Waals surface area contributed by atoms with Gasteiger partial charge in [-0.05, 0) is 53.6 Å². The number of carbonyl (C=O) groups excluding carboxylic acids is 1. The highest BCUT2D eigenvalue weighted by atomic mass is 16.5. The van der Waals surface area contributed by atoms with Crippen LogP contribution in [0.2, 0.25) is 0 Å². The van der Waals surface area contributed by atoms with Gasteiger partial charge in [-0.1, -0.05) is 73.9 Å². The van der Waals surface area contributed by atoms with E-state index in [0.29, 0.717) is 12.0 Å². The molecule has 4 heteroatoms. The summed E-state index contributed by atoms with van der Waals surface area (Å²) in [5.74, 6) is 1.69. The zero-order valence-corrected chi connectivity index (χ0v) is 20.7. The second kappa shape index (κ2) is 9.07. The SMILES string of the molecule is COc1ccc2ccccc2c1C1Nc2c(C(=O)N(C)C3CCCCC3)cccc2C2C=CCC21. The molecule has 35 heavy (non-hydrogen) atoms. The van der Waals surface area contributed by atoms with Crippen LogP contribution in [-0.2, 0) is 0 Å². The maximum atomic E-state index is 13.8. The predicted octanol–water partition coefficient (Wildman–Crippen LogP) is 7.08. The molecule has 1 fully saturated rings. The number of hydrogen-bond acceptors (Lipinski definition) is 3. The predicted molar refractivity (Wildman–Crippen MR) is 142 cm³/mol. The molecular formula is C31H34N2O2. The Morgan fingerprint density at radius 3 is 2.66 bits per heavy atom. The van der Waals surface area contributed by atoms with Gasteiger partial charge in [-0.15, -0.1) is 0 Å². The van der Waals surface area contributed by atoms with Crippen LogP contribution in [0.4, 0.5) is 5.69 Å². The van der Waals surface area contributed by atoms with E-state index in [4.69, 9.17) is 4.74 Å². The molecule has 0 bridgehead atoms. The van der Waals surface area contributed by atoms with Crippen molar-refractivity contribution < 1.29 is 9.53 Å². The first-order chi connectivity index (χ1) is 17.2. The van der Waals surface area contributed by atoms with Gasteiger partial charge in [-0.25, -0.2) is 0 Å². The summed E-state index contributed by atoms with van der Waals surface area (Å²) in [6.45, 7) is 0. The van der Waals surface area contributed by atoms with E-state index >= 15 is 0 Å². The molecule has 3 atom stereocenters. The summed E-state index contributed by atoms with van der Waals surface area (Å²) < 4.78 is 5.90. The molecule has 1 amide bonds. The van der Waals surface area contributed by atoms with E-state index in [9.17, 15) is 4.79 Å². The second-order valence-corrected chi connectivity index (χ2v) is 10.4. The molecule has 6 rings (SSSR count). The number of benzene rings is 3. The van der Waals surface area contributed by atoms with E-state index in [2.05, 4.69) is 66.0 Å². The largest absolute Gasteiger partial charge is 0.496 e. The van der Waals surface area contributed by atoms with Crippen molar-refractivity contribution >= 4 is 22.4 Å². The zero-order valence-electron chi connectivity index (χ0n) is 20.7. The van der Waals surface area contributed by atoms with Crippen molar-refractivity contribution in [3.05, 3.63) is 83.4 Å². The van der Waals surface area contributed by atoms with Gasteiger partial charge < -0.3 is 15.0 Å². The maximum absolute atomic E-state index is 13.8. The van der Waals surface area contributed by atoms with Gasteiger partial charge in [0.2, 0.25) is 0 Å². The highest BCUT2D eigenvalue weighted by Crippen LogP contribution is 2.53. The summed E-state index contributed by atoms with van der Waals surface area (Å²) in [5, 5.41) is 6.31. The van der Waals surface area contributed by atoms with E-state index in [1.165, 1.54) is 41.2 Å². The third-order valence-electron chi connectivity index (χ3n) is 8.53. The fourth-order valence-electron chi connectivity index (χ4n) is 6.68. The Kier molecular flexibility index (Phi) is 5.75. The average Bonchev–Trinajstić information content (AvgIpc) is 3.42. The normalized spacial score (nSPS) is 23.4. The number of methoxy groups -OCH3 is 1. The minimum absolute atomic E-state index is 0.0532. The number of hydrogen-bond donors (Lipinski definition) is 1. The number of carbonyl (C=O) groups is 1. The Morgan fingerprint density at radius 1 is 1.00 bits per heavy atom. The molecule has 3 unspecified atom stereocenters. The van der Waals surface area contributed by atoms with Crippen molar-refractivity contribution in [3.8, 4) is 5.75 Å². The fraction of sp³-hybridized carbons (Fsp3) is 0.387. The molecule has 2 aliphatic carbocycles. The van der Waals surface area contributed by atoms with E-state index in [1.54, 1.807) is 7.11 Å². The first-order valence-corrected chi connectivity index (χ1v) is 13.1. The van der Waals surface area contributed by atoms with Crippen LogP contribution in [0.25, 0.3) is 10.8 Å². The van der Waals surface area contributed by atoms with Crippen LogP contribution in [-0.4, -0.2) is 31.0 Å². The van der Waals surface area contributed by atoms with Gasteiger partial charge in [-0.2, -0.15) is 0 Å². The highest BCUT2D eigenvalue weighted by Gasteiger charge is 2.41. The zero-order chi connectivity index (χ0) is 23.9. The van der Waals surface area contributed by atoms with E-state index in [1.807, 2.05) is 18.0 Å². The van der Waals surface area contributed by atoms with Crippen molar-refractivity contribution in [2.45, 2.75) is 56.5 Å². The lowest BCUT2D eigenvalue weighted by atomic mass is 9.75. The summed E-state index contributed by atoms with van der Waals surface area (Å²) in [5.41, 5.74) is 4.21. The third-order valence-corrected chi connectivity index (χ3v) is 8.53. The molecule has 1 saturated carbocycles. The molecule has 0 aromatic heterocycles. The topological polar surface area (TPSA) is 41.6 Å². The molecule has 4 nitrogen and oxygen atoms in total. The van der Waals surface area contributed by atoms with Crippen molar-refractivity contribution in [1.82, 2.24) is 4.90 Å². The van der Waals surface area contributed by atoms with Crippen molar-refractivity contribution in [3.63, 3.8) is 0 Å². The van der Waals surface area contributed by atoms with Crippen molar-refractivity contribution in [2.24, 2.45) is 5.92 Å². The van der Waals surface area contributed by atoms with Crippen LogP contribution < -0.4 is 10.1 Å². The number of fused-ring (bicyclic) bond motifs is 4. The van der Waals surface area contributed by atoms with Crippen LogP contribution in [0.5, 0.6) is 5.75 Å². The van der Waals surface area contributed by atoms with Gasteiger partial charge in [0.1, 0.15) is 5.75 Å². The monoisotopic (exact) mass is 466 g/mol. The Balaban J connectivity index is 1.45. The Bertz CT molecular complexity index is 1290. The number of nitrogens with one attached hydrogen (secondary N) is 1. The van der Waals surface area contributed by atoms with E-state index < -0.39 is 0 Å². The van der Waals surface area contributed by atoms with Crippen molar-refractivity contribution in [1.29, 1.82) is 0 Å². The molecule has 180 valence electrons.